The molecule has 1 N–H and O–H groups in total. The number of fused-ring (bicyclic) bond motifs is 4. The number of carbonyl (C=O) groups excluding carboxylic acids is 1. The molecule has 33 heavy (non-hydrogen) atoms. The number of hydrogen-bond donors (Lipinski definition) is 1. The van der Waals surface area contributed by atoms with E-state index < -0.39 is 0 Å². The summed E-state index contributed by atoms with van der Waals surface area (Å²) >= 11 is 0. The highest BCUT2D eigenvalue weighted by Gasteiger charge is 2.63. The lowest BCUT2D eigenvalue weighted by atomic mass is 9.43. The molecule has 4 aliphatic carbocycles. The van der Waals surface area contributed by atoms with Gasteiger partial charge in [-0.1, -0.05) is 52.7 Å². The number of carbonyl (C=O) groups is 1. The van der Waals surface area contributed by atoms with Crippen LogP contribution in [-0.2, 0) is 9.53 Å². The molecule has 5 rings (SSSR count). The number of rotatable bonds is 4. The monoisotopic (exact) mass is 456 g/mol. The molecule has 3 nitrogen and oxygen atoms in total. The standard InChI is InChI=1S/C30H48O3/c1-18(17-22(31)25-27(4,5)33-25)19-11-15-30(8)21-9-10-23-26(2,3)24(32)13-14-28(23,6)20(21)12-16-29(19,30)7/h18-19,22-23,25,31H,9-17H2,1-8H3/t18-,19+,22+,23+,25+,28-,29+,30-/m1/s1. The van der Waals surface area contributed by atoms with Crippen LogP contribution in [0.2, 0.25) is 0 Å². The van der Waals surface area contributed by atoms with E-state index in [1.54, 1.807) is 11.1 Å². The molecule has 186 valence electrons. The predicted molar refractivity (Wildman–Crippen MR) is 133 cm³/mol. The van der Waals surface area contributed by atoms with Gasteiger partial charge in [0.1, 0.15) is 11.9 Å². The summed E-state index contributed by atoms with van der Waals surface area (Å²) in [4.78, 5) is 12.8. The van der Waals surface area contributed by atoms with Crippen molar-refractivity contribution in [2.75, 3.05) is 0 Å². The molecule has 2 saturated carbocycles. The third kappa shape index (κ3) is 3.16. The summed E-state index contributed by atoms with van der Waals surface area (Å²) in [5.41, 5.74) is 3.95. The van der Waals surface area contributed by atoms with E-state index in [4.69, 9.17) is 4.74 Å². The summed E-state index contributed by atoms with van der Waals surface area (Å²) in [6.07, 6.45) is 9.70. The van der Waals surface area contributed by atoms with Gasteiger partial charge >= 0.3 is 0 Å². The minimum Gasteiger partial charge on any atom is -0.390 e. The van der Waals surface area contributed by atoms with Gasteiger partial charge in [-0.05, 0) is 99.2 Å². The zero-order valence-corrected chi connectivity index (χ0v) is 22.5. The van der Waals surface area contributed by atoms with E-state index in [-0.39, 0.29) is 34.1 Å². The summed E-state index contributed by atoms with van der Waals surface area (Å²) < 4.78 is 5.76. The average Bonchev–Trinajstić information content (AvgIpc) is 3.26. The normalized spacial score (nSPS) is 47.4. The number of allylic oxidation sites excluding steroid dienone is 2. The molecule has 3 heteroatoms. The highest BCUT2D eigenvalue weighted by atomic mass is 16.6. The maximum Gasteiger partial charge on any atom is 0.138 e. The van der Waals surface area contributed by atoms with Gasteiger partial charge in [0.25, 0.3) is 0 Å². The summed E-state index contributed by atoms with van der Waals surface area (Å²) in [7, 11) is 0. The van der Waals surface area contributed by atoms with Gasteiger partial charge < -0.3 is 9.84 Å². The van der Waals surface area contributed by atoms with Gasteiger partial charge in [0, 0.05) is 11.8 Å². The maximum atomic E-state index is 12.8. The van der Waals surface area contributed by atoms with Gasteiger partial charge in [0.2, 0.25) is 0 Å². The summed E-state index contributed by atoms with van der Waals surface area (Å²) in [5.74, 6) is 2.14. The van der Waals surface area contributed by atoms with Gasteiger partial charge in [-0.15, -0.1) is 0 Å². The molecule has 0 bridgehead atoms. The Balaban J connectivity index is 1.43. The van der Waals surface area contributed by atoms with Crippen molar-refractivity contribution in [2.24, 2.45) is 39.4 Å². The van der Waals surface area contributed by atoms with E-state index in [9.17, 15) is 9.90 Å². The van der Waals surface area contributed by atoms with Crippen molar-refractivity contribution in [3.63, 3.8) is 0 Å². The quantitative estimate of drug-likeness (QED) is 0.371. The number of aliphatic hydroxyl groups is 1. The van der Waals surface area contributed by atoms with Gasteiger partial charge in [-0.2, -0.15) is 0 Å². The Kier molecular flexibility index (Phi) is 5.24. The van der Waals surface area contributed by atoms with Crippen LogP contribution in [0.4, 0.5) is 0 Å². The second kappa shape index (κ2) is 7.19. The highest BCUT2D eigenvalue weighted by molar-refractivity contribution is 5.85. The molecule has 1 aliphatic heterocycles. The first kappa shape index (κ1) is 24.0. The fourth-order valence-electron chi connectivity index (χ4n) is 9.95. The molecule has 0 spiro atoms. The minimum atomic E-state index is -0.347. The lowest BCUT2D eigenvalue weighted by molar-refractivity contribution is -0.139. The van der Waals surface area contributed by atoms with Crippen LogP contribution in [0.3, 0.4) is 0 Å². The van der Waals surface area contributed by atoms with Crippen LogP contribution in [0.1, 0.15) is 113 Å². The third-order valence-electron chi connectivity index (χ3n) is 12.3. The first-order valence-electron chi connectivity index (χ1n) is 13.8. The molecule has 5 aliphatic rings. The lowest BCUT2D eigenvalue weighted by Crippen LogP contribution is -2.54. The van der Waals surface area contributed by atoms with Crippen LogP contribution in [0, 0.1) is 39.4 Å². The zero-order chi connectivity index (χ0) is 24.2. The minimum absolute atomic E-state index is 0.00815. The van der Waals surface area contributed by atoms with Crippen LogP contribution >= 0.6 is 0 Å². The van der Waals surface area contributed by atoms with Gasteiger partial charge in [0.15, 0.2) is 0 Å². The third-order valence-corrected chi connectivity index (χ3v) is 12.3. The van der Waals surface area contributed by atoms with Crippen LogP contribution in [-0.4, -0.2) is 28.7 Å². The number of Topliss-reactive ketones (excluding diaryl/α,β-unsaturated/α-hetero) is 1. The molecular formula is C30H48O3. The van der Waals surface area contributed by atoms with Crippen LogP contribution in [0.25, 0.3) is 0 Å². The fraction of sp³-hybridized carbons (Fsp3) is 0.900. The Hall–Kier alpha value is -0.670. The molecule has 0 radical (unpaired) electrons. The van der Waals surface area contributed by atoms with Crippen molar-refractivity contribution in [2.45, 2.75) is 131 Å². The molecule has 1 heterocycles. The predicted octanol–water partition coefficient (Wildman–Crippen LogP) is 6.87. The molecule has 0 aromatic carbocycles. The van der Waals surface area contributed by atoms with Gasteiger partial charge in [-0.3, -0.25) is 4.79 Å². The number of aliphatic hydroxyl groups excluding tert-OH is 1. The van der Waals surface area contributed by atoms with Crippen LogP contribution < -0.4 is 0 Å². The van der Waals surface area contributed by atoms with Crippen molar-refractivity contribution < 1.29 is 14.6 Å². The van der Waals surface area contributed by atoms with Crippen molar-refractivity contribution in [1.29, 1.82) is 0 Å². The van der Waals surface area contributed by atoms with E-state index in [1.807, 2.05) is 0 Å². The molecule has 0 unspecified atom stereocenters. The number of ether oxygens (including phenoxy) is 1. The smallest absolute Gasteiger partial charge is 0.138 e. The van der Waals surface area contributed by atoms with Gasteiger partial charge in [-0.25, -0.2) is 0 Å². The lowest BCUT2D eigenvalue weighted by Gasteiger charge is -2.61. The molecule has 0 aromatic heterocycles. The number of ketones is 1. The van der Waals surface area contributed by atoms with E-state index in [1.165, 1.54) is 38.5 Å². The van der Waals surface area contributed by atoms with Crippen molar-refractivity contribution in [1.82, 2.24) is 0 Å². The van der Waals surface area contributed by atoms with E-state index in [0.29, 0.717) is 29.0 Å². The Labute approximate surface area is 202 Å². The molecule has 0 aromatic rings. The molecule has 0 amide bonds. The molecular weight excluding hydrogens is 408 g/mol. The van der Waals surface area contributed by atoms with E-state index in [2.05, 4.69) is 55.4 Å². The Morgan fingerprint density at radius 3 is 2.24 bits per heavy atom. The molecule has 8 atom stereocenters. The number of hydrogen-bond acceptors (Lipinski definition) is 3. The average molecular weight is 457 g/mol. The maximum absolute atomic E-state index is 12.8. The topological polar surface area (TPSA) is 49.8 Å². The SMILES string of the molecule is C[C@H](C[C@H](O)[C@@H]1OC1(C)C)[C@@H]1CC[C@]2(C)C3=C(CC[C@@]12C)[C@@]1(C)CCC(=O)C(C)(C)[C@@H]1CC3. The van der Waals surface area contributed by atoms with Crippen molar-refractivity contribution in [3.8, 4) is 0 Å². The first-order valence-corrected chi connectivity index (χ1v) is 13.8. The van der Waals surface area contributed by atoms with Crippen molar-refractivity contribution in [3.05, 3.63) is 11.1 Å². The van der Waals surface area contributed by atoms with E-state index in [0.717, 1.165) is 19.3 Å². The Morgan fingerprint density at radius 2 is 1.61 bits per heavy atom. The molecule has 1 saturated heterocycles. The second-order valence-corrected chi connectivity index (χ2v) is 14.4. The Morgan fingerprint density at radius 1 is 0.939 bits per heavy atom. The summed E-state index contributed by atoms with van der Waals surface area (Å²) in [6.45, 7) is 18.7. The Bertz CT molecular complexity index is 883. The first-order chi connectivity index (χ1) is 15.2. The summed E-state index contributed by atoms with van der Waals surface area (Å²) in [6, 6.07) is 0. The summed E-state index contributed by atoms with van der Waals surface area (Å²) in [5, 5.41) is 10.9. The molecule has 3 fully saturated rings. The van der Waals surface area contributed by atoms with Crippen molar-refractivity contribution >= 4 is 5.78 Å². The van der Waals surface area contributed by atoms with E-state index >= 15 is 0 Å². The van der Waals surface area contributed by atoms with Crippen LogP contribution in [0.5, 0.6) is 0 Å². The van der Waals surface area contributed by atoms with Gasteiger partial charge in [0.05, 0.1) is 11.7 Å². The fourth-order valence-corrected chi connectivity index (χ4v) is 9.95. The highest BCUT2D eigenvalue weighted by Crippen LogP contribution is 2.72. The largest absolute Gasteiger partial charge is 0.390 e. The van der Waals surface area contributed by atoms with Crippen LogP contribution in [0.15, 0.2) is 11.1 Å². The second-order valence-electron chi connectivity index (χ2n) is 14.4. The number of epoxide rings is 1. The zero-order valence-electron chi connectivity index (χ0n) is 22.5.